The molecule has 0 saturated carbocycles. The number of rotatable bonds is 7. The molecule has 0 atom stereocenters. The number of esters is 1. The number of hydrogen-bond donors (Lipinski definition) is 2. The predicted molar refractivity (Wildman–Crippen MR) is 70.7 cm³/mol. The minimum absolute atomic E-state index is 0.121. The molecule has 0 aliphatic rings. The second kappa shape index (κ2) is 7.51. The molecule has 0 aliphatic carbocycles. The van der Waals surface area contributed by atoms with Gasteiger partial charge in [-0.25, -0.2) is 4.79 Å². The maximum atomic E-state index is 11.9. The third-order valence-electron chi connectivity index (χ3n) is 2.52. The Morgan fingerprint density at radius 2 is 1.89 bits per heavy atom. The SMILES string of the molecule is CCCCOc1ccc(O)c(O)c1C(=O)OCCC. The molecular weight excluding hydrogens is 248 g/mol. The van der Waals surface area contributed by atoms with Crippen molar-refractivity contribution < 1.29 is 24.5 Å². The van der Waals surface area contributed by atoms with Crippen LogP contribution in [0.4, 0.5) is 0 Å². The fourth-order valence-corrected chi connectivity index (χ4v) is 1.47. The zero-order valence-corrected chi connectivity index (χ0v) is 11.3. The Balaban J connectivity index is 2.96. The lowest BCUT2D eigenvalue weighted by molar-refractivity contribution is 0.0496. The summed E-state index contributed by atoms with van der Waals surface area (Å²) in [6.45, 7) is 4.58. The van der Waals surface area contributed by atoms with Crippen molar-refractivity contribution in [2.24, 2.45) is 0 Å². The van der Waals surface area contributed by atoms with Gasteiger partial charge in [-0.3, -0.25) is 0 Å². The average molecular weight is 268 g/mol. The van der Waals surface area contributed by atoms with Crippen molar-refractivity contribution in [2.75, 3.05) is 13.2 Å². The Morgan fingerprint density at radius 1 is 1.16 bits per heavy atom. The van der Waals surface area contributed by atoms with Crippen LogP contribution in [0.1, 0.15) is 43.5 Å². The van der Waals surface area contributed by atoms with Gasteiger partial charge in [-0.2, -0.15) is 0 Å². The number of phenols is 2. The molecule has 0 bridgehead atoms. The zero-order valence-electron chi connectivity index (χ0n) is 11.3. The van der Waals surface area contributed by atoms with Crippen LogP contribution in [-0.2, 0) is 4.74 Å². The van der Waals surface area contributed by atoms with Crippen molar-refractivity contribution in [3.63, 3.8) is 0 Å². The Kier molecular flexibility index (Phi) is 5.99. The van der Waals surface area contributed by atoms with E-state index < -0.39 is 11.7 Å². The summed E-state index contributed by atoms with van der Waals surface area (Å²) in [5, 5.41) is 19.2. The van der Waals surface area contributed by atoms with Crippen molar-refractivity contribution >= 4 is 5.97 Å². The highest BCUT2D eigenvalue weighted by Crippen LogP contribution is 2.36. The summed E-state index contributed by atoms with van der Waals surface area (Å²) < 4.78 is 10.4. The zero-order chi connectivity index (χ0) is 14.3. The molecule has 5 heteroatoms. The molecule has 0 saturated heterocycles. The van der Waals surface area contributed by atoms with Gasteiger partial charge in [0.2, 0.25) is 0 Å². The van der Waals surface area contributed by atoms with Crippen LogP contribution >= 0.6 is 0 Å². The molecule has 0 aliphatic heterocycles. The number of hydrogen-bond acceptors (Lipinski definition) is 5. The molecule has 19 heavy (non-hydrogen) atoms. The minimum Gasteiger partial charge on any atom is -0.504 e. The molecule has 2 N–H and O–H groups in total. The summed E-state index contributed by atoms with van der Waals surface area (Å²) in [6.07, 6.45) is 2.47. The summed E-state index contributed by atoms with van der Waals surface area (Å²) in [6, 6.07) is 2.74. The lowest BCUT2D eigenvalue weighted by atomic mass is 10.1. The first-order chi connectivity index (χ1) is 9.11. The normalized spacial score (nSPS) is 10.2. The van der Waals surface area contributed by atoms with Gasteiger partial charge in [0.25, 0.3) is 0 Å². The molecule has 1 aromatic carbocycles. The van der Waals surface area contributed by atoms with Crippen molar-refractivity contribution in [3.05, 3.63) is 17.7 Å². The van der Waals surface area contributed by atoms with Gasteiger partial charge in [0.1, 0.15) is 11.3 Å². The third kappa shape index (κ3) is 4.05. The summed E-state index contributed by atoms with van der Waals surface area (Å²) in [5.41, 5.74) is -0.121. The first-order valence-corrected chi connectivity index (χ1v) is 6.46. The predicted octanol–water partition coefficient (Wildman–Crippen LogP) is 2.84. The minimum atomic E-state index is -0.693. The van der Waals surface area contributed by atoms with Gasteiger partial charge >= 0.3 is 5.97 Å². The van der Waals surface area contributed by atoms with E-state index in [9.17, 15) is 15.0 Å². The van der Waals surface area contributed by atoms with Crippen LogP contribution in [0.2, 0.25) is 0 Å². The van der Waals surface area contributed by atoms with E-state index in [1.807, 2.05) is 13.8 Å². The topological polar surface area (TPSA) is 76.0 Å². The van der Waals surface area contributed by atoms with E-state index in [0.717, 1.165) is 12.8 Å². The first kappa shape index (κ1) is 15.1. The Hall–Kier alpha value is -1.91. The maximum absolute atomic E-state index is 11.9. The summed E-state index contributed by atoms with van der Waals surface area (Å²) in [5.74, 6) is -1.34. The molecule has 0 fully saturated rings. The van der Waals surface area contributed by atoms with Crippen LogP contribution in [0.25, 0.3) is 0 Å². The molecule has 106 valence electrons. The maximum Gasteiger partial charge on any atom is 0.345 e. The molecule has 0 amide bonds. The first-order valence-electron chi connectivity index (χ1n) is 6.46. The van der Waals surface area contributed by atoms with Gasteiger partial charge in [0.05, 0.1) is 13.2 Å². The van der Waals surface area contributed by atoms with Crippen molar-refractivity contribution in [2.45, 2.75) is 33.1 Å². The van der Waals surface area contributed by atoms with E-state index >= 15 is 0 Å². The van der Waals surface area contributed by atoms with Gasteiger partial charge in [-0.15, -0.1) is 0 Å². The van der Waals surface area contributed by atoms with Crippen molar-refractivity contribution in [3.8, 4) is 17.2 Å². The number of carbonyl (C=O) groups excluding carboxylic acids is 1. The largest absolute Gasteiger partial charge is 0.504 e. The van der Waals surface area contributed by atoms with Crippen LogP contribution in [0, 0.1) is 0 Å². The number of ether oxygens (including phenoxy) is 2. The van der Waals surface area contributed by atoms with Gasteiger partial charge in [-0.1, -0.05) is 20.3 Å². The smallest absolute Gasteiger partial charge is 0.345 e. The molecule has 0 aromatic heterocycles. The number of aromatic hydroxyl groups is 2. The van der Waals surface area contributed by atoms with E-state index in [1.54, 1.807) is 0 Å². The lowest BCUT2D eigenvalue weighted by Crippen LogP contribution is -2.09. The van der Waals surface area contributed by atoms with Crippen molar-refractivity contribution in [1.29, 1.82) is 0 Å². The number of unbranched alkanes of at least 4 members (excludes halogenated alkanes) is 1. The molecule has 5 nitrogen and oxygen atoms in total. The van der Waals surface area contributed by atoms with Crippen LogP contribution < -0.4 is 4.74 Å². The number of carbonyl (C=O) groups is 1. The summed E-state index contributed by atoms with van der Waals surface area (Å²) in [7, 11) is 0. The molecule has 0 unspecified atom stereocenters. The molecule has 1 aromatic rings. The monoisotopic (exact) mass is 268 g/mol. The molecular formula is C14H20O5. The number of phenolic OH excluding ortho intramolecular Hbond substituents is 2. The van der Waals surface area contributed by atoms with Crippen molar-refractivity contribution in [1.82, 2.24) is 0 Å². The van der Waals surface area contributed by atoms with E-state index in [2.05, 4.69) is 0 Å². The Morgan fingerprint density at radius 3 is 2.53 bits per heavy atom. The molecule has 0 spiro atoms. The average Bonchev–Trinajstić information content (AvgIpc) is 2.40. The van der Waals surface area contributed by atoms with Crippen LogP contribution in [0.15, 0.2) is 12.1 Å². The highest BCUT2D eigenvalue weighted by atomic mass is 16.5. The third-order valence-corrected chi connectivity index (χ3v) is 2.52. The fourth-order valence-electron chi connectivity index (χ4n) is 1.47. The van der Waals surface area contributed by atoms with Gasteiger partial charge in [0, 0.05) is 0 Å². The highest BCUT2D eigenvalue weighted by molar-refractivity contribution is 5.96. The number of benzene rings is 1. The van der Waals surface area contributed by atoms with E-state index in [1.165, 1.54) is 12.1 Å². The lowest BCUT2D eigenvalue weighted by Gasteiger charge is -2.13. The molecule has 0 radical (unpaired) electrons. The van der Waals surface area contributed by atoms with Gasteiger partial charge in [0.15, 0.2) is 11.5 Å². The van der Waals surface area contributed by atoms with E-state index in [0.29, 0.717) is 13.0 Å². The second-order valence-electron chi connectivity index (χ2n) is 4.14. The molecule has 0 heterocycles. The summed E-state index contributed by atoms with van der Waals surface area (Å²) in [4.78, 5) is 11.9. The fraction of sp³-hybridized carbons (Fsp3) is 0.500. The Bertz CT molecular complexity index is 428. The standard InChI is InChI=1S/C14H20O5/c1-3-5-9-18-11-7-6-10(15)13(16)12(11)14(17)19-8-4-2/h6-7,15-16H,3-5,8-9H2,1-2H3. The summed E-state index contributed by atoms with van der Waals surface area (Å²) >= 11 is 0. The van der Waals surface area contributed by atoms with Gasteiger partial charge < -0.3 is 19.7 Å². The quantitative estimate of drug-likeness (QED) is 0.452. The molecule has 1 rings (SSSR count). The van der Waals surface area contributed by atoms with Crippen LogP contribution in [0.5, 0.6) is 17.2 Å². The van der Waals surface area contributed by atoms with E-state index in [-0.39, 0.29) is 23.7 Å². The van der Waals surface area contributed by atoms with Crippen LogP contribution in [0.3, 0.4) is 0 Å². The second-order valence-corrected chi connectivity index (χ2v) is 4.14. The Labute approximate surface area is 112 Å². The highest BCUT2D eigenvalue weighted by Gasteiger charge is 2.22. The van der Waals surface area contributed by atoms with Gasteiger partial charge in [-0.05, 0) is 25.0 Å². The van der Waals surface area contributed by atoms with Crippen LogP contribution in [-0.4, -0.2) is 29.4 Å². The van der Waals surface area contributed by atoms with E-state index in [4.69, 9.17) is 9.47 Å².